The van der Waals surface area contributed by atoms with Gasteiger partial charge in [0.25, 0.3) is 0 Å². The lowest BCUT2D eigenvalue weighted by Crippen LogP contribution is -1.80. The zero-order chi connectivity index (χ0) is 16.9. The van der Waals surface area contributed by atoms with E-state index in [1.165, 1.54) is 5.56 Å². The highest BCUT2D eigenvalue weighted by Gasteiger charge is 2.07. The third kappa shape index (κ3) is 3.56. The van der Waals surface area contributed by atoms with Crippen LogP contribution >= 0.6 is 0 Å². The highest BCUT2D eigenvalue weighted by atomic mass is 16.4. The molecule has 0 N–H and O–H groups in total. The summed E-state index contributed by atoms with van der Waals surface area (Å²) < 4.78 is 5.73. The van der Waals surface area contributed by atoms with E-state index in [0.717, 1.165) is 16.7 Å². The Hall–Kier alpha value is -3.46. The predicted molar refractivity (Wildman–Crippen MR) is 101 cm³/mol. The van der Waals surface area contributed by atoms with Crippen LogP contribution in [0.4, 0.5) is 0 Å². The SMILES string of the molecule is C(=C\c1nnc(-c2ccc(-c3ccccc3)cc2)o1)/c1ccccc1. The Morgan fingerprint density at radius 2 is 1.16 bits per heavy atom. The van der Waals surface area contributed by atoms with Gasteiger partial charge >= 0.3 is 0 Å². The van der Waals surface area contributed by atoms with Crippen molar-refractivity contribution in [2.45, 2.75) is 0 Å². The van der Waals surface area contributed by atoms with E-state index in [4.69, 9.17) is 4.42 Å². The molecule has 25 heavy (non-hydrogen) atoms. The van der Waals surface area contributed by atoms with E-state index in [2.05, 4.69) is 34.5 Å². The first kappa shape index (κ1) is 15.1. The summed E-state index contributed by atoms with van der Waals surface area (Å²) in [5.74, 6) is 1.01. The average molecular weight is 324 g/mol. The summed E-state index contributed by atoms with van der Waals surface area (Å²) in [5.41, 5.74) is 4.35. The van der Waals surface area contributed by atoms with Gasteiger partial charge in [0.15, 0.2) is 0 Å². The molecule has 1 aromatic heterocycles. The predicted octanol–water partition coefficient (Wildman–Crippen LogP) is 5.57. The van der Waals surface area contributed by atoms with Crippen LogP contribution in [0.25, 0.3) is 34.7 Å². The van der Waals surface area contributed by atoms with Crippen LogP contribution in [-0.2, 0) is 0 Å². The van der Waals surface area contributed by atoms with Gasteiger partial charge in [-0.05, 0) is 34.9 Å². The van der Waals surface area contributed by atoms with Crippen molar-refractivity contribution in [2.24, 2.45) is 0 Å². The van der Waals surface area contributed by atoms with Crippen LogP contribution in [0.15, 0.2) is 89.3 Å². The largest absolute Gasteiger partial charge is 0.417 e. The molecular formula is C22H16N2O. The molecule has 0 saturated heterocycles. The van der Waals surface area contributed by atoms with E-state index in [1.54, 1.807) is 0 Å². The topological polar surface area (TPSA) is 38.9 Å². The van der Waals surface area contributed by atoms with Gasteiger partial charge in [0.05, 0.1) is 0 Å². The molecule has 0 aliphatic rings. The molecule has 0 atom stereocenters. The molecule has 3 heteroatoms. The van der Waals surface area contributed by atoms with Crippen LogP contribution in [0.1, 0.15) is 11.5 Å². The summed E-state index contributed by atoms with van der Waals surface area (Å²) in [7, 11) is 0. The zero-order valence-corrected chi connectivity index (χ0v) is 13.5. The fourth-order valence-electron chi connectivity index (χ4n) is 2.59. The minimum absolute atomic E-state index is 0.492. The zero-order valence-electron chi connectivity index (χ0n) is 13.5. The highest BCUT2D eigenvalue weighted by molar-refractivity contribution is 5.68. The second-order valence-electron chi connectivity index (χ2n) is 5.63. The van der Waals surface area contributed by atoms with Crippen molar-refractivity contribution in [3.05, 3.63) is 96.4 Å². The van der Waals surface area contributed by atoms with Crippen LogP contribution in [0.5, 0.6) is 0 Å². The first-order valence-corrected chi connectivity index (χ1v) is 8.11. The van der Waals surface area contributed by atoms with Crippen LogP contribution < -0.4 is 0 Å². The molecule has 0 radical (unpaired) electrons. The highest BCUT2D eigenvalue weighted by Crippen LogP contribution is 2.24. The van der Waals surface area contributed by atoms with Crippen LogP contribution in [-0.4, -0.2) is 10.2 Å². The number of rotatable bonds is 4. The lowest BCUT2D eigenvalue weighted by Gasteiger charge is -2.01. The van der Waals surface area contributed by atoms with Gasteiger partial charge in [-0.1, -0.05) is 72.8 Å². The van der Waals surface area contributed by atoms with Crippen LogP contribution in [0.3, 0.4) is 0 Å². The van der Waals surface area contributed by atoms with Gasteiger partial charge in [0, 0.05) is 11.6 Å². The minimum Gasteiger partial charge on any atom is -0.417 e. The molecule has 3 nitrogen and oxygen atoms in total. The number of hydrogen-bond acceptors (Lipinski definition) is 3. The van der Waals surface area contributed by atoms with E-state index in [-0.39, 0.29) is 0 Å². The first-order valence-electron chi connectivity index (χ1n) is 8.11. The monoisotopic (exact) mass is 324 g/mol. The van der Waals surface area contributed by atoms with Crippen molar-refractivity contribution in [3.8, 4) is 22.6 Å². The van der Waals surface area contributed by atoms with Crippen molar-refractivity contribution in [1.82, 2.24) is 10.2 Å². The van der Waals surface area contributed by atoms with E-state index < -0.39 is 0 Å². The van der Waals surface area contributed by atoms with Gasteiger partial charge in [0.2, 0.25) is 11.8 Å². The maximum atomic E-state index is 5.73. The molecule has 4 rings (SSSR count). The molecule has 0 bridgehead atoms. The Morgan fingerprint density at radius 3 is 1.88 bits per heavy atom. The lowest BCUT2D eigenvalue weighted by molar-refractivity contribution is 0.558. The van der Waals surface area contributed by atoms with E-state index >= 15 is 0 Å². The van der Waals surface area contributed by atoms with Crippen molar-refractivity contribution in [3.63, 3.8) is 0 Å². The Morgan fingerprint density at radius 1 is 0.560 bits per heavy atom. The summed E-state index contributed by atoms with van der Waals surface area (Å²) in [5, 5.41) is 8.22. The van der Waals surface area contributed by atoms with Gasteiger partial charge in [-0.2, -0.15) is 0 Å². The van der Waals surface area contributed by atoms with Gasteiger partial charge in [0.1, 0.15) is 0 Å². The summed E-state index contributed by atoms with van der Waals surface area (Å²) in [6.45, 7) is 0. The van der Waals surface area contributed by atoms with Crippen LogP contribution in [0, 0.1) is 0 Å². The number of aromatic nitrogens is 2. The van der Waals surface area contributed by atoms with Gasteiger partial charge in [-0.15, -0.1) is 10.2 Å². The quantitative estimate of drug-likeness (QED) is 0.492. The number of hydrogen-bond donors (Lipinski definition) is 0. The third-order valence-corrected chi connectivity index (χ3v) is 3.90. The molecule has 4 aromatic rings. The van der Waals surface area contributed by atoms with Crippen molar-refractivity contribution in [2.75, 3.05) is 0 Å². The molecule has 0 aliphatic carbocycles. The molecular weight excluding hydrogens is 308 g/mol. The molecule has 0 aliphatic heterocycles. The molecule has 1 heterocycles. The maximum absolute atomic E-state index is 5.73. The average Bonchev–Trinajstić information content (AvgIpc) is 3.17. The molecule has 3 aromatic carbocycles. The molecule has 120 valence electrons. The fourth-order valence-corrected chi connectivity index (χ4v) is 2.59. The van der Waals surface area contributed by atoms with Crippen molar-refractivity contribution in [1.29, 1.82) is 0 Å². The fraction of sp³-hybridized carbons (Fsp3) is 0. The Labute approximate surface area is 146 Å². The Kier molecular flexibility index (Phi) is 4.21. The van der Waals surface area contributed by atoms with E-state index in [9.17, 15) is 0 Å². The second-order valence-corrected chi connectivity index (χ2v) is 5.63. The molecule has 0 unspecified atom stereocenters. The molecule has 0 amide bonds. The number of benzene rings is 3. The molecule has 0 spiro atoms. The normalized spacial score (nSPS) is 11.0. The van der Waals surface area contributed by atoms with Gasteiger partial charge in [-0.3, -0.25) is 0 Å². The second kappa shape index (κ2) is 6.97. The molecule has 0 fully saturated rings. The van der Waals surface area contributed by atoms with Gasteiger partial charge in [-0.25, -0.2) is 0 Å². The summed E-state index contributed by atoms with van der Waals surface area (Å²) >= 11 is 0. The third-order valence-electron chi connectivity index (χ3n) is 3.90. The first-order chi connectivity index (χ1) is 12.4. The minimum atomic E-state index is 0.492. The maximum Gasteiger partial charge on any atom is 0.248 e. The number of nitrogens with zero attached hydrogens (tertiary/aromatic N) is 2. The summed E-state index contributed by atoms with van der Waals surface area (Å²) in [6, 6.07) is 28.4. The summed E-state index contributed by atoms with van der Waals surface area (Å²) in [4.78, 5) is 0. The Balaban J connectivity index is 1.53. The summed E-state index contributed by atoms with van der Waals surface area (Å²) in [6.07, 6.45) is 3.78. The molecule has 0 saturated carbocycles. The van der Waals surface area contributed by atoms with Crippen molar-refractivity contribution < 1.29 is 4.42 Å². The van der Waals surface area contributed by atoms with E-state index in [0.29, 0.717) is 11.8 Å². The lowest BCUT2D eigenvalue weighted by atomic mass is 10.0. The van der Waals surface area contributed by atoms with Crippen molar-refractivity contribution >= 4 is 12.2 Å². The van der Waals surface area contributed by atoms with E-state index in [1.807, 2.05) is 72.8 Å². The van der Waals surface area contributed by atoms with Gasteiger partial charge < -0.3 is 4.42 Å². The standard InChI is InChI=1S/C22H16N2O/c1-3-7-17(8-4-1)11-16-21-23-24-22(25-21)20-14-12-19(13-15-20)18-9-5-2-6-10-18/h1-16H/b16-11+. The smallest absolute Gasteiger partial charge is 0.248 e. The van der Waals surface area contributed by atoms with Crippen LogP contribution in [0.2, 0.25) is 0 Å². The Bertz CT molecular complexity index is 971.